The summed E-state index contributed by atoms with van der Waals surface area (Å²) in [4.78, 5) is 11.9. The van der Waals surface area contributed by atoms with Crippen LogP contribution in [0.2, 0.25) is 5.02 Å². The van der Waals surface area contributed by atoms with Crippen molar-refractivity contribution in [3.8, 4) is 11.4 Å². The van der Waals surface area contributed by atoms with Crippen molar-refractivity contribution in [2.24, 2.45) is 5.41 Å². The summed E-state index contributed by atoms with van der Waals surface area (Å²) < 4.78 is 1.69. The Morgan fingerprint density at radius 3 is 2.53 bits per heavy atom. The number of hydrogen-bond acceptors (Lipinski definition) is 2. The lowest BCUT2D eigenvalue weighted by molar-refractivity contribution is 0.292. The quantitative estimate of drug-likeness (QED) is 0.933. The minimum Gasteiger partial charge on any atom is -0.275 e. The van der Waals surface area contributed by atoms with Crippen LogP contribution in [0.15, 0.2) is 29.1 Å². The van der Waals surface area contributed by atoms with Crippen LogP contribution in [-0.2, 0) is 6.54 Å². The second-order valence-electron chi connectivity index (χ2n) is 5.46. The maximum absolute atomic E-state index is 11.9. The first-order chi connectivity index (χ1) is 8.93. The van der Waals surface area contributed by atoms with E-state index >= 15 is 0 Å². The van der Waals surface area contributed by atoms with Crippen molar-refractivity contribution < 1.29 is 0 Å². The fourth-order valence-electron chi connectivity index (χ4n) is 1.82. The molecule has 5 heteroatoms. The van der Waals surface area contributed by atoms with Crippen LogP contribution >= 0.6 is 11.6 Å². The smallest absolute Gasteiger partial charge is 0.275 e. The van der Waals surface area contributed by atoms with Crippen molar-refractivity contribution in [2.75, 3.05) is 0 Å². The number of aromatic nitrogens is 3. The van der Waals surface area contributed by atoms with E-state index in [2.05, 4.69) is 31.0 Å². The van der Waals surface area contributed by atoms with E-state index in [1.54, 1.807) is 16.7 Å². The van der Waals surface area contributed by atoms with E-state index in [9.17, 15) is 4.79 Å². The average molecular weight is 280 g/mol. The van der Waals surface area contributed by atoms with Gasteiger partial charge in [-0.15, -0.1) is 0 Å². The third kappa shape index (κ3) is 3.07. The van der Waals surface area contributed by atoms with E-state index in [0.29, 0.717) is 17.4 Å². The lowest BCUT2D eigenvalue weighted by Gasteiger charge is -2.23. The molecule has 0 saturated carbocycles. The fraction of sp³-hybridized carbons (Fsp3) is 0.429. The first-order valence-corrected chi connectivity index (χ1v) is 6.72. The van der Waals surface area contributed by atoms with Gasteiger partial charge in [0.25, 0.3) is 0 Å². The van der Waals surface area contributed by atoms with E-state index in [1.165, 1.54) is 0 Å². The highest BCUT2D eigenvalue weighted by atomic mass is 35.5. The maximum atomic E-state index is 11.9. The van der Waals surface area contributed by atoms with Crippen LogP contribution in [-0.4, -0.2) is 14.8 Å². The van der Waals surface area contributed by atoms with Gasteiger partial charge in [-0.3, -0.25) is 4.57 Å². The molecule has 0 radical (unpaired) electrons. The van der Waals surface area contributed by atoms with Gasteiger partial charge in [0, 0.05) is 17.1 Å². The normalized spacial score (nSPS) is 11.8. The molecule has 0 aliphatic heterocycles. The lowest BCUT2D eigenvalue weighted by atomic mass is 9.90. The molecule has 0 fully saturated rings. The monoisotopic (exact) mass is 279 g/mol. The van der Waals surface area contributed by atoms with Gasteiger partial charge >= 0.3 is 5.69 Å². The van der Waals surface area contributed by atoms with Gasteiger partial charge in [0.1, 0.15) is 0 Å². The van der Waals surface area contributed by atoms with Crippen LogP contribution in [0.1, 0.15) is 27.2 Å². The summed E-state index contributed by atoms with van der Waals surface area (Å²) in [5.41, 5.74) is 0.760. The molecule has 102 valence electrons. The molecule has 0 bridgehead atoms. The lowest BCUT2D eigenvalue weighted by Crippen LogP contribution is -2.27. The molecule has 0 saturated heterocycles. The van der Waals surface area contributed by atoms with Crippen molar-refractivity contribution in [1.29, 1.82) is 0 Å². The summed E-state index contributed by atoms with van der Waals surface area (Å²) in [7, 11) is 0. The topological polar surface area (TPSA) is 50.7 Å². The third-order valence-electron chi connectivity index (χ3n) is 3.40. The molecule has 0 spiro atoms. The molecule has 4 nitrogen and oxygen atoms in total. The molecule has 2 aromatic rings. The third-order valence-corrected chi connectivity index (χ3v) is 3.66. The average Bonchev–Trinajstić information content (AvgIpc) is 2.72. The Labute approximate surface area is 117 Å². The van der Waals surface area contributed by atoms with Crippen molar-refractivity contribution in [1.82, 2.24) is 14.8 Å². The largest absolute Gasteiger partial charge is 0.343 e. The number of nitrogens with one attached hydrogen (secondary N) is 1. The molecule has 19 heavy (non-hydrogen) atoms. The molecular weight excluding hydrogens is 262 g/mol. The number of hydrogen-bond donors (Lipinski definition) is 1. The second kappa shape index (κ2) is 5.21. The Hall–Kier alpha value is -1.55. The van der Waals surface area contributed by atoms with Gasteiger partial charge in [0.2, 0.25) is 0 Å². The van der Waals surface area contributed by atoms with Crippen molar-refractivity contribution >= 4 is 11.6 Å². The molecule has 0 amide bonds. The summed E-state index contributed by atoms with van der Waals surface area (Å²) in [6.45, 7) is 7.03. The highest BCUT2D eigenvalue weighted by molar-refractivity contribution is 6.30. The highest BCUT2D eigenvalue weighted by Gasteiger charge is 2.20. The van der Waals surface area contributed by atoms with Gasteiger partial charge < -0.3 is 0 Å². The Balaban J connectivity index is 2.43. The van der Waals surface area contributed by atoms with Crippen LogP contribution in [0.3, 0.4) is 0 Å². The van der Waals surface area contributed by atoms with E-state index in [4.69, 9.17) is 11.6 Å². The molecule has 1 heterocycles. The summed E-state index contributed by atoms with van der Waals surface area (Å²) in [5.74, 6) is 0.656. The molecule has 0 atom stereocenters. The highest BCUT2D eigenvalue weighted by Crippen LogP contribution is 2.25. The Morgan fingerprint density at radius 2 is 1.95 bits per heavy atom. The van der Waals surface area contributed by atoms with Gasteiger partial charge in [-0.25, -0.2) is 9.89 Å². The van der Waals surface area contributed by atoms with Gasteiger partial charge in [-0.05, 0) is 36.1 Å². The number of halogens is 1. The summed E-state index contributed by atoms with van der Waals surface area (Å²) >= 11 is 5.88. The fourth-order valence-corrected chi connectivity index (χ4v) is 1.95. The zero-order valence-electron chi connectivity index (χ0n) is 11.4. The zero-order chi connectivity index (χ0) is 14.0. The van der Waals surface area contributed by atoms with E-state index in [1.807, 2.05) is 12.1 Å². The van der Waals surface area contributed by atoms with Crippen LogP contribution in [0.4, 0.5) is 0 Å². The second-order valence-corrected chi connectivity index (χ2v) is 5.90. The predicted molar refractivity (Wildman–Crippen MR) is 77.4 cm³/mol. The molecule has 1 N–H and O–H groups in total. The Morgan fingerprint density at radius 1 is 1.32 bits per heavy atom. The number of benzene rings is 1. The van der Waals surface area contributed by atoms with Crippen molar-refractivity contribution in [3.63, 3.8) is 0 Å². The summed E-state index contributed by atoms with van der Waals surface area (Å²) in [6.07, 6.45) is 0.991. The van der Waals surface area contributed by atoms with Gasteiger partial charge in [-0.1, -0.05) is 32.4 Å². The predicted octanol–water partition coefficient (Wildman–Crippen LogP) is 3.33. The Kier molecular flexibility index (Phi) is 3.80. The van der Waals surface area contributed by atoms with Crippen LogP contribution in [0.5, 0.6) is 0 Å². The van der Waals surface area contributed by atoms with Crippen molar-refractivity contribution in [3.05, 3.63) is 39.8 Å². The molecule has 1 aromatic heterocycles. The molecule has 0 aliphatic carbocycles. The zero-order valence-corrected chi connectivity index (χ0v) is 12.2. The molecule has 0 unspecified atom stereocenters. The SMILES string of the molecule is CCC(C)(C)Cn1c(-c2ccc(Cl)cc2)n[nH]c1=O. The standard InChI is InChI=1S/C14H18ClN3O/c1-4-14(2,3)9-18-12(16-17-13(18)19)10-5-7-11(15)8-6-10/h5-8H,4,9H2,1-3H3,(H,17,19). The first kappa shape index (κ1) is 13.9. The Bertz CT molecular complexity index is 610. The van der Waals surface area contributed by atoms with Gasteiger partial charge in [0.15, 0.2) is 5.82 Å². The number of rotatable bonds is 4. The number of aromatic amines is 1. The molecule has 1 aromatic carbocycles. The van der Waals surface area contributed by atoms with Gasteiger partial charge in [0.05, 0.1) is 0 Å². The van der Waals surface area contributed by atoms with E-state index in [-0.39, 0.29) is 11.1 Å². The van der Waals surface area contributed by atoms with E-state index in [0.717, 1.165) is 12.0 Å². The first-order valence-electron chi connectivity index (χ1n) is 6.34. The maximum Gasteiger partial charge on any atom is 0.343 e. The minimum atomic E-state index is -0.175. The summed E-state index contributed by atoms with van der Waals surface area (Å²) in [6, 6.07) is 7.33. The van der Waals surface area contributed by atoms with Gasteiger partial charge in [-0.2, -0.15) is 5.10 Å². The number of nitrogens with zero attached hydrogens (tertiary/aromatic N) is 2. The minimum absolute atomic E-state index is 0.0505. The summed E-state index contributed by atoms with van der Waals surface area (Å²) in [5, 5.41) is 7.31. The molecule has 0 aliphatic rings. The van der Waals surface area contributed by atoms with Crippen LogP contribution in [0.25, 0.3) is 11.4 Å². The van der Waals surface area contributed by atoms with Crippen LogP contribution < -0.4 is 5.69 Å². The number of H-pyrrole nitrogens is 1. The molecular formula is C14H18ClN3O. The molecule has 2 rings (SSSR count). The van der Waals surface area contributed by atoms with Crippen LogP contribution in [0, 0.1) is 5.41 Å². The van der Waals surface area contributed by atoms with Crippen molar-refractivity contribution in [2.45, 2.75) is 33.7 Å². The van der Waals surface area contributed by atoms with E-state index < -0.39 is 0 Å².